The second kappa shape index (κ2) is 8.10. The molecule has 0 radical (unpaired) electrons. The number of benzene rings is 1. The molecule has 0 saturated carbocycles. The molecule has 1 aliphatic heterocycles. The van der Waals surface area contributed by atoms with Crippen LogP contribution in [0.1, 0.15) is 12.3 Å². The summed E-state index contributed by atoms with van der Waals surface area (Å²) in [6.07, 6.45) is 4.40. The highest BCUT2D eigenvalue weighted by Crippen LogP contribution is 2.23. The minimum atomic E-state index is 0.139. The molecule has 8 heteroatoms. The van der Waals surface area contributed by atoms with Gasteiger partial charge in [-0.05, 0) is 24.3 Å². The average Bonchev–Trinajstić information content (AvgIpc) is 3.39. The summed E-state index contributed by atoms with van der Waals surface area (Å²) in [5, 5.41) is 3.68. The van der Waals surface area contributed by atoms with Crippen molar-refractivity contribution in [1.29, 1.82) is 0 Å². The van der Waals surface area contributed by atoms with E-state index in [-0.39, 0.29) is 5.91 Å². The van der Waals surface area contributed by atoms with Crippen LogP contribution in [0.3, 0.4) is 0 Å². The van der Waals surface area contributed by atoms with Gasteiger partial charge in [0.1, 0.15) is 0 Å². The van der Waals surface area contributed by atoms with Crippen molar-refractivity contribution in [3.05, 3.63) is 53.0 Å². The van der Waals surface area contributed by atoms with Crippen LogP contribution in [0, 0.1) is 0 Å². The monoisotopic (exact) mass is 402 g/mol. The number of aromatic nitrogens is 2. The molecule has 1 fully saturated rings. The zero-order valence-electron chi connectivity index (χ0n) is 14.7. The van der Waals surface area contributed by atoms with Crippen molar-refractivity contribution in [3.8, 4) is 11.3 Å². The fourth-order valence-electron chi connectivity index (χ4n) is 3.06. The number of anilines is 1. The van der Waals surface area contributed by atoms with Crippen molar-refractivity contribution in [2.45, 2.75) is 12.8 Å². The van der Waals surface area contributed by atoms with E-state index in [0.29, 0.717) is 29.5 Å². The summed E-state index contributed by atoms with van der Waals surface area (Å²) in [5.74, 6) is 1.40. The van der Waals surface area contributed by atoms with Crippen LogP contribution >= 0.6 is 22.9 Å². The van der Waals surface area contributed by atoms with Gasteiger partial charge in [0.05, 0.1) is 6.20 Å². The van der Waals surface area contributed by atoms with E-state index in [1.165, 1.54) is 0 Å². The van der Waals surface area contributed by atoms with Crippen LogP contribution in [0.25, 0.3) is 11.3 Å². The Balaban J connectivity index is 1.28. The lowest BCUT2D eigenvalue weighted by Crippen LogP contribution is -2.48. The molecule has 1 aromatic carbocycles. The van der Waals surface area contributed by atoms with Crippen LogP contribution < -0.4 is 4.90 Å². The maximum absolute atomic E-state index is 12.5. The molecule has 1 aliphatic rings. The molecule has 140 valence electrons. The predicted octanol–water partition coefficient (Wildman–Crippen LogP) is 3.73. The van der Waals surface area contributed by atoms with Gasteiger partial charge in [0.15, 0.2) is 16.8 Å². The molecular formula is C19H19ClN4O2S. The van der Waals surface area contributed by atoms with Gasteiger partial charge in [-0.3, -0.25) is 4.79 Å². The van der Waals surface area contributed by atoms with Gasteiger partial charge in [-0.2, -0.15) is 0 Å². The number of oxazole rings is 1. The third-order valence-corrected chi connectivity index (χ3v) is 5.64. The molecule has 0 unspecified atom stereocenters. The first kappa shape index (κ1) is 18.0. The maximum atomic E-state index is 12.5. The second-order valence-corrected chi connectivity index (χ2v) is 7.62. The van der Waals surface area contributed by atoms with E-state index in [2.05, 4.69) is 14.9 Å². The maximum Gasteiger partial charge on any atom is 0.223 e. The number of aryl methyl sites for hydroxylation is 1. The number of carbonyl (C=O) groups is 1. The zero-order chi connectivity index (χ0) is 18.6. The van der Waals surface area contributed by atoms with Gasteiger partial charge in [-0.15, -0.1) is 11.3 Å². The Morgan fingerprint density at radius 3 is 2.63 bits per heavy atom. The van der Waals surface area contributed by atoms with Crippen LogP contribution in [0.15, 0.2) is 46.5 Å². The van der Waals surface area contributed by atoms with E-state index in [0.717, 1.165) is 36.9 Å². The Kier molecular flexibility index (Phi) is 5.40. The van der Waals surface area contributed by atoms with Crippen molar-refractivity contribution in [1.82, 2.24) is 14.9 Å². The van der Waals surface area contributed by atoms with Gasteiger partial charge >= 0.3 is 0 Å². The molecule has 0 atom stereocenters. The second-order valence-electron chi connectivity index (χ2n) is 6.31. The summed E-state index contributed by atoms with van der Waals surface area (Å²) in [7, 11) is 0. The number of halogens is 1. The average molecular weight is 403 g/mol. The lowest BCUT2D eigenvalue weighted by molar-refractivity contribution is -0.131. The van der Waals surface area contributed by atoms with E-state index < -0.39 is 0 Å². The largest absolute Gasteiger partial charge is 0.441 e. The predicted molar refractivity (Wildman–Crippen MR) is 106 cm³/mol. The number of amides is 1. The van der Waals surface area contributed by atoms with E-state index in [9.17, 15) is 4.79 Å². The molecule has 0 aliphatic carbocycles. The molecule has 1 amide bonds. The van der Waals surface area contributed by atoms with E-state index in [1.807, 2.05) is 40.7 Å². The first-order chi connectivity index (χ1) is 13.2. The van der Waals surface area contributed by atoms with Crippen molar-refractivity contribution in [2.75, 3.05) is 31.1 Å². The number of rotatable bonds is 5. The van der Waals surface area contributed by atoms with Crippen molar-refractivity contribution >= 4 is 34.0 Å². The molecule has 0 spiro atoms. The van der Waals surface area contributed by atoms with Crippen molar-refractivity contribution < 1.29 is 9.21 Å². The summed E-state index contributed by atoms with van der Waals surface area (Å²) < 4.78 is 5.77. The normalized spacial score (nSPS) is 14.6. The fraction of sp³-hybridized carbons (Fsp3) is 0.316. The van der Waals surface area contributed by atoms with Crippen LogP contribution in [0.2, 0.25) is 5.02 Å². The van der Waals surface area contributed by atoms with Gasteiger partial charge in [0, 0.05) is 61.2 Å². The number of nitrogens with zero attached hydrogens (tertiary/aromatic N) is 4. The van der Waals surface area contributed by atoms with Crippen LogP contribution in [0.4, 0.5) is 5.13 Å². The van der Waals surface area contributed by atoms with Gasteiger partial charge in [0.25, 0.3) is 0 Å². The summed E-state index contributed by atoms with van der Waals surface area (Å²) in [6.45, 7) is 3.08. The zero-order valence-corrected chi connectivity index (χ0v) is 16.2. The Morgan fingerprint density at radius 2 is 1.93 bits per heavy atom. The Labute approximate surface area is 166 Å². The Bertz CT molecular complexity index is 887. The smallest absolute Gasteiger partial charge is 0.223 e. The summed E-state index contributed by atoms with van der Waals surface area (Å²) >= 11 is 7.54. The third-order valence-electron chi connectivity index (χ3n) is 4.56. The lowest BCUT2D eigenvalue weighted by atomic mass is 10.2. The van der Waals surface area contributed by atoms with Gasteiger partial charge in [0.2, 0.25) is 5.91 Å². The molecule has 6 nitrogen and oxygen atoms in total. The SMILES string of the molecule is O=C(CCc1ncc(-c2ccc(Cl)cc2)o1)N1CCN(c2nccs2)CC1. The quantitative estimate of drug-likeness (QED) is 0.650. The van der Waals surface area contributed by atoms with Crippen molar-refractivity contribution in [2.24, 2.45) is 0 Å². The van der Waals surface area contributed by atoms with Gasteiger partial charge in [-0.1, -0.05) is 11.6 Å². The molecule has 0 bridgehead atoms. The summed E-state index contributed by atoms with van der Waals surface area (Å²) in [4.78, 5) is 25.2. The van der Waals surface area contributed by atoms with Crippen LogP contribution in [-0.2, 0) is 11.2 Å². The lowest BCUT2D eigenvalue weighted by Gasteiger charge is -2.34. The summed E-state index contributed by atoms with van der Waals surface area (Å²) in [6, 6.07) is 7.40. The number of piperazine rings is 1. The number of hydrogen-bond acceptors (Lipinski definition) is 6. The Morgan fingerprint density at radius 1 is 1.15 bits per heavy atom. The molecule has 2 aromatic heterocycles. The number of hydrogen-bond donors (Lipinski definition) is 0. The summed E-state index contributed by atoms with van der Waals surface area (Å²) in [5.41, 5.74) is 0.919. The standard InChI is InChI=1S/C19H19ClN4O2S/c20-15-3-1-14(2-4-15)16-13-22-17(26-16)5-6-18(25)23-8-10-24(11-9-23)19-21-7-12-27-19/h1-4,7,12-13H,5-6,8-11H2. The minimum absolute atomic E-state index is 0.139. The molecular weight excluding hydrogens is 384 g/mol. The molecule has 3 heterocycles. The van der Waals surface area contributed by atoms with E-state index >= 15 is 0 Å². The highest BCUT2D eigenvalue weighted by Gasteiger charge is 2.22. The minimum Gasteiger partial charge on any atom is -0.441 e. The molecule has 3 aromatic rings. The van der Waals surface area contributed by atoms with Crippen LogP contribution in [0.5, 0.6) is 0 Å². The topological polar surface area (TPSA) is 62.5 Å². The molecule has 27 heavy (non-hydrogen) atoms. The molecule has 0 N–H and O–H groups in total. The molecule has 1 saturated heterocycles. The first-order valence-corrected chi connectivity index (χ1v) is 10.1. The van der Waals surface area contributed by atoms with E-state index in [1.54, 1.807) is 17.5 Å². The fourth-order valence-corrected chi connectivity index (χ4v) is 3.89. The number of thiazole rings is 1. The highest BCUT2D eigenvalue weighted by atomic mass is 35.5. The van der Waals surface area contributed by atoms with Gasteiger partial charge < -0.3 is 14.2 Å². The van der Waals surface area contributed by atoms with Gasteiger partial charge in [-0.25, -0.2) is 9.97 Å². The number of carbonyl (C=O) groups excluding carboxylic acids is 1. The molecule has 4 rings (SSSR count). The van der Waals surface area contributed by atoms with Crippen LogP contribution in [-0.4, -0.2) is 47.0 Å². The Hall–Kier alpha value is -2.38. The third kappa shape index (κ3) is 4.31. The highest BCUT2D eigenvalue weighted by molar-refractivity contribution is 7.13. The van der Waals surface area contributed by atoms with Crippen molar-refractivity contribution in [3.63, 3.8) is 0 Å². The van der Waals surface area contributed by atoms with E-state index in [4.69, 9.17) is 16.0 Å². The first-order valence-electron chi connectivity index (χ1n) is 8.82.